The van der Waals surface area contributed by atoms with Gasteiger partial charge in [-0.3, -0.25) is 9.36 Å². The zero-order valence-electron chi connectivity index (χ0n) is 14.7. The van der Waals surface area contributed by atoms with Gasteiger partial charge in [-0.05, 0) is 31.1 Å². The highest BCUT2D eigenvalue weighted by Crippen LogP contribution is 2.33. The predicted molar refractivity (Wildman–Crippen MR) is 100 cm³/mol. The summed E-state index contributed by atoms with van der Waals surface area (Å²) >= 11 is 1.53. The summed E-state index contributed by atoms with van der Waals surface area (Å²) in [6.45, 7) is 0. The molecule has 4 rings (SSSR count). The zero-order chi connectivity index (χ0) is 19.0. The van der Waals surface area contributed by atoms with Crippen LogP contribution in [0.3, 0.4) is 0 Å². The standard InChI is InChI=1S/C17H21N5O4S/c1-27-6-10-13(24)14(25)17(26-10)22-8-20-12-15(18-7-19-16(12)22)21-11(23)5-4-9-2-3-9/h4-5,7-10,13-14,17,24-25H,2-3,6H2,1H3,(H,18,19,21,23)/b5-4+/t10-,13-,14-,17-/m1/s1. The Morgan fingerprint density at radius 3 is 2.93 bits per heavy atom. The Morgan fingerprint density at radius 2 is 2.19 bits per heavy atom. The third kappa shape index (κ3) is 3.70. The number of hydrogen-bond donors (Lipinski definition) is 3. The lowest BCUT2D eigenvalue weighted by atomic mass is 10.1. The summed E-state index contributed by atoms with van der Waals surface area (Å²) in [7, 11) is 0. The summed E-state index contributed by atoms with van der Waals surface area (Å²) in [5.41, 5.74) is 0.803. The van der Waals surface area contributed by atoms with E-state index in [1.54, 1.807) is 4.57 Å². The number of allylic oxidation sites excluding steroid dienone is 1. The molecule has 1 saturated heterocycles. The molecule has 1 aliphatic carbocycles. The van der Waals surface area contributed by atoms with Crippen molar-refractivity contribution in [2.45, 2.75) is 37.4 Å². The van der Waals surface area contributed by atoms with E-state index in [2.05, 4.69) is 20.3 Å². The molecule has 1 aliphatic heterocycles. The normalized spacial score (nSPS) is 28.3. The van der Waals surface area contributed by atoms with Gasteiger partial charge in [0.15, 0.2) is 23.2 Å². The molecule has 3 heterocycles. The highest BCUT2D eigenvalue weighted by Gasteiger charge is 2.44. The zero-order valence-corrected chi connectivity index (χ0v) is 15.5. The molecular weight excluding hydrogens is 370 g/mol. The first-order valence-corrected chi connectivity index (χ1v) is 10.1. The number of fused-ring (bicyclic) bond motifs is 1. The fourth-order valence-electron chi connectivity index (χ4n) is 3.06. The molecule has 0 spiro atoms. The lowest BCUT2D eigenvalue weighted by molar-refractivity contribution is -0.111. The Morgan fingerprint density at radius 1 is 1.37 bits per heavy atom. The summed E-state index contributed by atoms with van der Waals surface area (Å²) in [5, 5.41) is 23.3. The van der Waals surface area contributed by atoms with Crippen LogP contribution in [0.5, 0.6) is 0 Å². The number of hydrogen-bond acceptors (Lipinski definition) is 8. The molecule has 9 nitrogen and oxygen atoms in total. The minimum atomic E-state index is -1.10. The Hall–Kier alpha value is -2.01. The van der Waals surface area contributed by atoms with Crippen molar-refractivity contribution in [1.29, 1.82) is 0 Å². The van der Waals surface area contributed by atoms with Gasteiger partial charge in [-0.15, -0.1) is 0 Å². The van der Waals surface area contributed by atoms with Crippen molar-refractivity contribution in [2.24, 2.45) is 5.92 Å². The lowest BCUT2D eigenvalue weighted by Crippen LogP contribution is -2.32. The van der Waals surface area contributed by atoms with Gasteiger partial charge in [-0.25, -0.2) is 15.0 Å². The topological polar surface area (TPSA) is 122 Å². The average Bonchev–Trinajstić information content (AvgIpc) is 3.33. The lowest BCUT2D eigenvalue weighted by Gasteiger charge is -2.16. The molecule has 2 aliphatic rings. The number of aromatic nitrogens is 4. The summed E-state index contributed by atoms with van der Waals surface area (Å²) in [4.78, 5) is 24.7. The second-order valence-electron chi connectivity index (χ2n) is 6.73. The molecule has 2 aromatic rings. The van der Waals surface area contributed by atoms with E-state index in [0.29, 0.717) is 22.8 Å². The molecule has 2 aromatic heterocycles. The van der Waals surface area contributed by atoms with E-state index < -0.39 is 24.5 Å². The minimum absolute atomic E-state index is 0.274. The molecule has 4 atom stereocenters. The first-order valence-electron chi connectivity index (χ1n) is 8.75. The number of amides is 1. The first kappa shape index (κ1) is 18.4. The summed E-state index contributed by atoms with van der Waals surface area (Å²) in [6.07, 6.45) is 6.96. The highest BCUT2D eigenvalue weighted by molar-refractivity contribution is 7.98. The number of thioether (sulfide) groups is 1. The van der Waals surface area contributed by atoms with Crippen LogP contribution in [0, 0.1) is 5.92 Å². The van der Waals surface area contributed by atoms with Crippen molar-refractivity contribution in [3.63, 3.8) is 0 Å². The van der Waals surface area contributed by atoms with Crippen molar-refractivity contribution in [3.8, 4) is 0 Å². The second kappa shape index (κ2) is 7.55. The van der Waals surface area contributed by atoms with E-state index in [1.165, 1.54) is 30.5 Å². The van der Waals surface area contributed by atoms with Gasteiger partial charge in [0.2, 0.25) is 5.91 Å². The summed E-state index contributed by atoms with van der Waals surface area (Å²) in [5.74, 6) is 1.08. The van der Waals surface area contributed by atoms with Crippen LogP contribution in [-0.4, -0.2) is 66.0 Å². The largest absolute Gasteiger partial charge is 0.387 e. The van der Waals surface area contributed by atoms with E-state index in [4.69, 9.17) is 4.74 Å². The third-order valence-corrected chi connectivity index (χ3v) is 5.35. The van der Waals surface area contributed by atoms with Gasteiger partial charge in [0.05, 0.1) is 12.4 Å². The maximum Gasteiger partial charge on any atom is 0.249 e. The Bertz CT molecular complexity index is 868. The molecule has 1 saturated carbocycles. The maximum absolute atomic E-state index is 12.1. The van der Waals surface area contributed by atoms with E-state index >= 15 is 0 Å². The van der Waals surface area contributed by atoms with Crippen LogP contribution >= 0.6 is 11.8 Å². The van der Waals surface area contributed by atoms with Crippen molar-refractivity contribution in [2.75, 3.05) is 17.3 Å². The number of nitrogens with zero attached hydrogens (tertiary/aromatic N) is 4. The fraction of sp³-hybridized carbons (Fsp3) is 0.529. The predicted octanol–water partition coefficient (Wildman–Crippen LogP) is 0.713. The van der Waals surface area contributed by atoms with Crippen molar-refractivity contribution >= 4 is 34.7 Å². The Kier molecular flexibility index (Phi) is 5.13. The molecule has 0 unspecified atom stereocenters. The SMILES string of the molecule is CSC[C@H]1O[C@@H](n2cnc3c(NC(=O)/C=C/C4CC4)ncnc32)[C@H](O)[C@@H]1O. The van der Waals surface area contributed by atoms with Crippen molar-refractivity contribution in [3.05, 3.63) is 24.8 Å². The highest BCUT2D eigenvalue weighted by atomic mass is 32.2. The molecule has 0 bridgehead atoms. The van der Waals surface area contributed by atoms with Gasteiger partial charge >= 0.3 is 0 Å². The molecule has 27 heavy (non-hydrogen) atoms. The Labute approximate surface area is 159 Å². The number of nitrogens with one attached hydrogen (secondary N) is 1. The number of rotatable bonds is 6. The summed E-state index contributed by atoms with van der Waals surface area (Å²) < 4.78 is 7.37. The van der Waals surface area contributed by atoms with Crippen LogP contribution in [-0.2, 0) is 9.53 Å². The number of aliphatic hydroxyl groups is 2. The van der Waals surface area contributed by atoms with Crippen LogP contribution in [0.15, 0.2) is 24.8 Å². The number of carbonyl (C=O) groups excluding carboxylic acids is 1. The van der Waals surface area contributed by atoms with Gasteiger partial charge in [-0.1, -0.05) is 6.08 Å². The molecule has 0 aromatic carbocycles. The molecule has 0 radical (unpaired) electrons. The first-order chi connectivity index (χ1) is 13.1. The van der Waals surface area contributed by atoms with Crippen molar-refractivity contribution < 1.29 is 19.7 Å². The van der Waals surface area contributed by atoms with Crippen LogP contribution in [0.4, 0.5) is 5.82 Å². The van der Waals surface area contributed by atoms with Gasteiger partial charge in [0.1, 0.15) is 18.5 Å². The van der Waals surface area contributed by atoms with E-state index in [-0.39, 0.29) is 11.7 Å². The monoisotopic (exact) mass is 391 g/mol. The van der Waals surface area contributed by atoms with E-state index in [9.17, 15) is 15.0 Å². The Balaban J connectivity index is 1.58. The van der Waals surface area contributed by atoms with Gasteiger partial charge in [0.25, 0.3) is 0 Å². The molecule has 3 N–H and O–H groups in total. The maximum atomic E-state index is 12.1. The van der Waals surface area contributed by atoms with Crippen LogP contribution < -0.4 is 5.32 Å². The van der Waals surface area contributed by atoms with Crippen molar-refractivity contribution in [1.82, 2.24) is 19.5 Å². The van der Waals surface area contributed by atoms with Crippen LogP contribution in [0.1, 0.15) is 19.1 Å². The molecule has 2 fully saturated rings. The van der Waals surface area contributed by atoms with Crippen LogP contribution in [0.2, 0.25) is 0 Å². The van der Waals surface area contributed by atoms with Gasteiger partial charge in [0, 0.05) is 5.75 Å². The number of aliphatic hydroxyl groups excluding tert-OH is 2. The summed E-state index contributed by atoms with van der Waals surface area (Å²) in [6, 6.07) is 0. The number of carbonyl (C=O) groups is 1. The third-order valence-electron chi connectivity index (χ3n) is 4.68. The smallest absolute Gasteiger partial charge is 0.249 e. The molecule has 1 amide bonds. The number of ether oxygens (including phenoxy) is 1. The van der Waals surface area contributed by atoms with E-state index in [1.807, 2.05) is 12.3 Å². The molecule has 144 valence electrons. The van der Waals surface area contributed by atoms with Gasteiger partial charge < -0.3 is 20.3 Å². The quantitative estimate of drug-likeness (QED) is 0.616. The van der Waals surface area contributed by atoms with Gasteiger partial charge in [-0.2, -0.15) is 11.8 Å². The average molecular weight is 391 g/mol. The minimum Gasteiger partial charge on any atom is -0.387 e. The number of anilines is 1. The fourth-order valence-corrected chi connectivity index (χ4v) is 3.67. The van der Waals surface area contributed by atoms with Crippen LogP contribution in [0.25, 0.3) is 11.2 Å². The second-order valence-corrected chi connectivity index (χ2v) is 7.64. The molecule has 10 heteroatoms. The molecular formula is C17H21N5O4S. The number of imidazole rings is 1. The van der Waals surface area contributed by atoms with E-state index in [0.717, 1.165) is 12.8 Å².